The van der Waals surface area contributed by atoms with E-state index in [2.05, 4.69) is 5.10 Å². The van der Waals surface area contributed by atoms with E-state index in [4.69, 9.17) is 14.6 Å². The van der Waals surface area contributed by atoms with Gasteiger partial charge in [0.05, 0.1) is 10.9 Å². The fraction of sp³-hybridized carbons (Fsp3) is 0.357. The highest BCUT2D eigenvalue weighted by Crippen LogP contribution is 2.37. The molecule has 8 nitrogen and oxygen atoms in total. The number of nitrogens with zero attached hydrogens (tertiary/aromatic N) is 3. The molecule has 8 heteroatoms. The van der Waals surface area contributed by atoms with Gasteiger partial charge in [0, 0.05) is 12.6 Å². The van der Waals surface area contributed by atoms with E-state index >= 15 is 0 Å². The number of aromatic nitrogens is 2. The third-order valence-corrected chi connectivity index (χ3v) is 3.40. The number of carbonyl (C=O) groups is 1. The van der Waals surface area contributed by atoms with Crippen molar-refractivity contribution in [1.82, 2.24) is 14.7 Å². The smallest absolute Gasteiger partial charge is 0.360 e. The van der Waals surface area contributed by atoms with Gasteiger partial charge in [0.1, 0.15) is 0 Å². The van der Waals surface area contributed by atoms with Crippen LogP contribution in [0.2, 0.25) is 0 Å². The summed E-state index contributed by atoms with van der Waals surface area (Å²) >= 11 is 0. The number of benzene rings is 1. The fourth-order valence-corrected chi connectivity index (χ4v) is 2.31. The van der Waals surface area contributed by atoms with Crippen LogP contribution >= 0.6 is 0 Å². The molecule has 2 heterocycles. The molecule has 0 radical (unpaired) electrons. The number of hydrogen-bond acceptors (Lipinski definition) is 6. The number of fused-ring (bicyclic) bond motifs is 2. The molecule has 0 bridgehead atoms. The van der Waals surface area contributed by atoms with E-state index in [1.165, 1.54) is 10.7 Å². The van der Waals surface area contributed by atoms with Crippen LogP contribution in [0.1, 0.15) is 17.4 Å². The molecule has 22 heavy (non-hydrogen) atoms. The van der Waals surface area contributed by atoms with Gasteiger partial charge in [-0.25, -0.2) is 9.69 Å². The van der Waals surface area contributed by atoms with Crippen molar-refractivity contribution in [2.24, 2.45) is 0 Å². The molecular formula is C14H15N3O5. The molecule has 2 aromatic rings. The maximum atomic E-state index is 12.3. The van der Waals surface area contributed by atoms with Crippen LogP contribution in [0.4, 0.5) is 0 Å². The number of aromatic carboxylic acids is 1. The van der Waals surface area contributed by atoms with E-state index in [0.29, 0.717) is 23.6 Å². The molecule has 0 saturated carbocycles. The number of hydrogen-bond donors (Lipinski definition) is 1. The van der Waals surface area contributed by atoms with Crippen molar-refractivity contribution in [2.45, 2.75) is 19.9 Å². The topological polar surface area (TPSA) is 93.9 Å². The minimum Gasteiger partial charge on any atom is -0.476 e. The van der Waals surface area contributed by atoms with Gasteiger partial charge in [-0.2, -0.15) is 5.10 Å². The van der Waals surface area contributed by atoms with Gasteiger partial charge in [-0.15, -0.1) is 0 Å². The van der Waals surface area contributed by atoms with Gasteiger partial charge in [-0.05, 0) is 27.1 Å². The maximum Gasteiger partial charge on any atom is 0.360 e. The van der Waals surface area contributed by atoms with Crippen LogP contribution in [0.5, 0.6) is 11.5 Å². The third kappa shape index (κ3) is 2.08. The molecule has 0 amide bonds. The van der Waals surface area contributed by atoms with Crippen LogP contribution in [0.3, 0.4) is 0 Å². The summed E-state index contributed by atoms with van der Waals surface area (Å²) in [7, 11) is 3.59. The predicted octanol–water partition coefficient (Wildman–Crippen LogP) is 0.731. The molecule has 0 aliphatic carbocycles. The second-order valence-corrected chi connectivity index (χ2v) is 5.12. The number of rotatable bonds is 3. The van der Waals surface area contributed by atoms with E-state index in [0.717, 1.165) is 0 Å². The average molecular weight is 305 g/mol. The predicted molar refractivity (Wildman–Crippen MR) is 77.4 cm³/mol. The first-order chi connectivity index (χ1) is 10.4. The molecule has 1 unspecified atom stereocenters. The summed E-state index contributed by atoms with van der Waals surface area (Å²) in [4.78, 5) is 25.2. The molecule has 1 aliphatic heterocycles. The molecule has 0 fully saturated rings. The first-order valence-electron chi connectivity index (χ1n) is 6.74. The number of aryl methyl sites for hydroxylation is 1. The fourth-order valence-electron chi connectivity index (χ4n) is 2.31. The summed E-state index contributed by atoms with van der Waals surface area (Å²) in [6, 6.07) is 3.16. The number of ether oxygens (including phenoxy) is 2. The van der Waals surface area contributed by atoms with Gasteiger partial charge in [-0.3, -0.25) is 9.48 Å². The molecule has 0 spiro atoms. The lowest BCUT2D eigenvalue weighted by Gasteiger charge is -2.16. The third-order valence-electron chi connectivity index (χ3n) is 3.40. The zero-order chi connectivity index (χ0) is 16.0. The van der Waals surface area contributed by atoms with Crippen molar-refractivity contribution in [3.63, 3.8) is 0 Å². The minimum atomic E-state index is -1.35. The molecule has 0 saturated heterocycles. The highest BCUT2D eigenvalue weighted by Gasteiger charge is 2.28. The molecular weight excluding hydrogens is 290 g/mol. The largest absolute Gasteiger partial charge is 0.476 e. The van der Waals surface area contributed by atoms with E-state index in [1.807, 2.05) is 6.92 Å². The Hall–Kier alpha value is -2.61. The molecule has 1 aromatic heterocycles. The summed E-state index contributed by atoms with van der Waals surface area (Å²) in [5, 5.41) is 13.3. The van der Waals surface area contributed by atoms with E-state index in [9.17, 15) is 9.59 Å². The van der Waals surface area contributed by atoms with E-state index in [-0.39, 0.29) is 5.39 Å². The molecule has 1 aliphatic rings. The quantitative estimate of drug-likeness (QED) is 0.893. The van der Waals surface area contributed by atoms with Crippen LogP contribution in [-0.2, 0) is 6.54 Å². The van der Waals surface area contributed by atoms with Crippen LogP contribution in [0, 0.1) is 0 Å². The number of carboxylic acid groups (broad SMARTS) is 1. The highest BCUT2D eigenvalue weighted by molar-refractivity contribution is 5.91. The lowest BCUT2D eigenvalue weighted by Crippen LogP contribution is -2.34. The van der Waals surface area contributed by atoms with Crippen molar-refractivity contribution in [3.8, 4) is 11.5 Å². The van der Waals surface area contributed by atoms with Crippen LogP contribution in [0.15, 0.2) is 16.9 Å². The van der Waals surface area contributed by atoms with Gasteiger partial charge < -0.3 is 14.6 Å². The van der Waals surface area contributed by atoms with E-state index in [1.54, 1.807) is 25.1 Å². The van der Waals surface area contributed by atoms with Crippen molar-refractivity contribution < 1.29 is 19.4 Å². The van der Waals surface area contributed by atoms with Crippen molar-refractivity contribution in [2.75, 3.05) is 14.1 Å². The molecule has 1 aromatic carbocycles. The monoisotopic (exact) mass is 305 g/mol. The zero-order valence-electron chi connectivity index (χ0n) is 12.4. The summed E-state index contributed by atoms with van der Waals surface area (Å²) in [6.45, 7) is 2.24. The molecule has 1 atom stereocenters. The van der Waals surface area contributed by atoms with Crippen LogP contribution in [-0.4, -0.2) is 46.3 Å². The highest BCUT2D eigenvalue weighted by atomic mass is 16.7. The second-order valence-electron chi connectivity index (χ2n) is 5.12. The Morgan fingerprint density at radius 1 is 1.36 bits per heavy atom. The van der Waals surface area contributed by atoms with Crippen molar-refractivity contribution in [1.29, 1.82) is 0 Å². The van der Waals surface area contributed by atoms with Gasteiger partial charge in [0.2, 0.25) is 11.1 Å². The lowest BCUT2D eigenvalue weighted by molar-refractivity contribution is -0.0614. The van der Waals surface area contributed by atoms with Crippen LogP contribution in [0.25, 0.3) is 10.9 Å². The lowest BCUT2D eigenvalue weighted by atomic mass is 10.1. The van der Waals surface area contributed by atoms with E-state index < -0.39 is 23.5 Å². The first-order valence-corrected chi connectivity index (χ1v) is 6.74. The first kappa shape index (κ1) is 14.3. The van der Waals surface area contributed by atoms with Crippen LogP contribution < -0.4 is 14.9 Å². The normalized spacial score (nSPS) is 16.5. The van der Waals surface area contributed by atoms with Gasteiger partial charge >= 0.3 is 12.4 Å². The average Bonchev–Trinajstić information content (AvgIpc) is 2.89. The maximum absolute atomic E-state index is 12.3. The molecule has 3 rings (SSSR count). The van der Waals surface area contributed by atoms with Gasteiger partial charge in [-0.1, -0.05) is 0 Å². The van der Waals surface area contributed by atoms with Crippen molar-refractivity contribution >= 4 is 16.9 Å². The Bertz CT molecular complexity index is 827. The summed E-state index contributed by atoms with van der Waals surface area (Å²) in [5.41, 5.74) is -0.622. The van der Waals surface area contributed by atoms with Gasteiger partial charge in [0.15, 0.2) is 11.5 Å². The Morgan fingerprint density at radius 3 is 2.55 bits per heavy atom. The summed E-state index contributed by atoms with van der Waals surface area (Å²) in [5.74, 6) is -0.441. The number of carboxylic acids is 1. The van der Waals surface area contributed by atoms with Gasteiger partial charge in [0.25, 0.3) is 0 Å². The second kappa shape index (κ2) is 4.99. The standard InChI is InChI=1S/C14H15N3O5/c1-4-17-8-6-10-9(21-14(22-10)16(2)3)5-7(8)12(18)11(15-17)13(19)20/h5-6,14H,4H2,1-3H3,(H,19,20). The summed E-state index contributed by atoms with van der Waals surface area (Å²) < 4.78 is 12.7. The Labute approximate surface area is 125 Å². The summed E-state index contributed by atoms with van der Waals surface area (Å²) in [6.07, 6.45) is -0.580. The molecule has 116 valence electrons. The minimum absolute atomic E-state index is 0.246. The SMILES string of the molecule is CCn1nc(C(=O)O)c(=O)c2cc3c(cc21)OC(N(C)C)O3. The Kier molecular flexibility index (Phi) is 3.25. The molecule has 1 N–H and O–H groups in total. The Balaban J connectivity index is 2.26. The van der Waals surface area contributed by atoms with Crippen molar-refractivity contribution in [3.05, 3.63) is 28.0 Å². The zero-order valence-corrected chi connectivity index (χ0v) is 12.4. The Morgan fingerprint density at radius 2 is 2.00 bits per heavy atom.